The Morgan fingerprint density at radius 3 is 2.38 bits per heavy atom. The summed E-state index contributed by atoms with van der Waals surface area (Å²) in [7, 11) is 1.98. The molecule has 2 aromatic heterocycles. The Hall–Kier alpha value is -4.45. The first-order chi connectivity index (χ1) is 19.2. The van der Waals surface area contributed by atoms with Gasteiger partial charge in [-0.05, 0) is 71.4 Å². The van der Waals surface area contributed by atoms with E-state index in [0.717, 1.165) is 65.7 Å². The number of fused-ring (bicyclic) bond motifs is 2. The summed E-state index contributed by atoms with van der Waals surface area (Å²) in [6, 6.07) is 19.4. The van der Waals surface area contributed by atoms with E-state index in [0.29, 0.717) is 16.4 Å². The summed E-state index contributed by atoms with van der Waals surface area (Å²) in [6.45, 7) is 14.5. The highest BCUT2D eigenvalue weighted by Gasteiger charge is 2.18. The van der Waals surface area contributed by atoms with Gasteiger partial charge in [0.1, 0.15) is 5.82 Å². The molecular weight excluding hydrogens is 539 g/mol. The lowest BCUT2D eigenvalue weighted by atomic mass is 9.95. The van der Waals surface area contributed by atoms with Gasteiger partial charge in [0, 0.05) is 57.1 Å². The van der Waals surface area contributed by atoms with Crippen molar-refractivity contribution in [3.05, 3.63) is 102 Å². The van der Waals surface area contributed by atoms with Crippen molar-refractivity contribution in [1.82, 2.24) is 19.1 Å². The van der Waals surface area contributed by atoms with Crippen molar-refractivity contribution in [1.29, 1.82) is 0 Å². The Bertz CT molecular complexity index is 2190. The summed E-state index contributed by atoms with van der Waals surface area (Å²) >= 11 is 12.0. The molecule has 0 aliphatic heterocycles. The van der Waals surface area contributed by atoms with E-state index in [1.54, 1.807) is 24.4 Å². The summed E-state index contributed by atoms with van der Waals surface area (Å²) in [5.74, 6) is 0.709. The molecule has 0 amide bonds. The molecule has 0 saturated carbocycles. The first kappa shape index (κ1) is 25.8. The van der Waals surface area contributed by atoms with Crippen LogP contribution in [0.5, 0.6) is 0 Å². The second kappa shape index (κ2) is 9.63. The third-order valence-corrected chi connectivity index (χ3v) is 7.89. The van der Waals surface area contributed by atoms with Crippen molar-refractivity contribution >= 4 is 89.9 Å². The van der Waals surface area contributed by atoms with Crippen LogP contribution in [0.2, 0.25) is 0 Å². The number of hydrogen-bond acceptors (Lipinski definition) is 3. The van der Waals surface area contributed by atoms with Gasteiger partial charge in [-0.15, -0.1) is 0 Å². The third-order valence-electron chi connectivity index (χ3n) is 7.45. The maximum absolute atomic E-state index is 11.9. The molecule has 0 bridgehead atoms. The quantitative estimate of drug-likeness (QED) is 0.204. The molecule has 196 valence electrons. The zero-order chi connectivity index (χ0) is 28.3. The molecule has 2 heterocycles. The van der Waals surface area contributed by atoms with Gasteiger partial charge in [0.05, 0.1) is 22.1 Å². The number of rotatable bonds is 4. The number of aryl methyl sites for hydroxylation is 2. The van der Waals surface area contributed by atoms with Crippen LogP contribution in [0.1, 0.15) is 21.5 Å². The van der Waals surface area contributed by atoms with E-state index >= 15 is 0 Å². The number of carbonyl (C=O) groups excluding carboxylic acids is 1. The minimum Gasteiger partial charge on any atom is -0.343 e. The molecule has 0 aliphatic carbocycles. The molecule has 5 nitrogen and oxygen atoms in total. The number of imidazole rings is 1. The summed E-state index contributed by atoms with van der Waals surface area (Å²) < 4.78 is 3.92. The maximum atomic E-state index is 11.9. The molecule has 4 aromatic carbocycles. The topological polar surface area (TPSA) is 52.7 Å². The lowest BCUT2D eigenvalue weighted by Gasteiger charge is -2.13. The summed E-state index contributed by atoms with van der Waals surface area (Å²) in [5.41, 5.74) is 6.38. The molecule has 40 heavy (non-hydrogen) atoms. The van der Waals surface area contributed by atoms with Crippen molar-refractivity contribution in [2.24, 2.45) is 7.05 Å². The van der Waals surface area contributed by atoms with Crippen molar-refractivity contribution in [3.8, 4) is 11.4 Å². The fourth-order valence-electron chi connectivity index (χ4n) is 5.35. The third kappa shape index (κ3) is 3.98. The highest BCUT2D eigenvalue weighted by molar-refractivity contribution is 6.67. The monoisotopic (exact) mass is 562 g/mol. The smallest absolute Gasteiger partial charge is 0.252 e. The minimum absolute atomic E-state index is 0.400. The Labute approximate surface area is 240 Å². The van der Waals surface area contributed by atoms with Crippen LogP contribution in [0, 0.1) is 6.92 Å². The molecule has 0 N–H and O–H groups in total. The second-order valence-corrected chi connectivity index (χ2v) is 10.5. The fraction of sp³-hybridized carbons (Fsp3) is 0.0606. The molecular formula is C33H24Cl2N4O. The first-order valence-electron chi connectivity index (χ1n) is 12.6. The van der Waals surface area contributed by atoms with Gasteiger partial charge in [-0.3, -0.25) is 14.3 Å². The zero-order valence-corrected chi connectivity index (χ0v) is 23.5. The molecule has 0 spiro atoms. The van der Waals surface area contributed by atoms with Crippen LogP contribution in [0.3, 0.4) is 0 Å². The van der Waals surface area contributed by atoms with Crippen LogP contribution in [0.15, 0.2) is 80.0 Å². The maximum Gasteiger partial charge on any atom is 0.252 e. The molecule has 0 saturated heterocycles. The average Bonchev–Trinajstić information content (AvgIpc) is 3.33. The van der Waals surface area contributed by atoms with Gasteiger partial charge in [0.2, 0.25) is 0 Å². The number of aromatic nitrogens is 4. The lowest BCUT2D eigenvalue weighted by Crippen LogP contribution is -2.15. The predicted molar refractivity (Wildman–Crippen MR) is 169 cm³/mol. The van der Waals surface area contributed by atoms with Crippen molar-refractivity contribution in [3.63, 3.8) is 0 Å². The van der Waals surface area contributed by atoms with E-state index in [1.165, 1.54) is 0 Å². The number of nitrogens with zero attached hydrogens (tertiary/aromatic N) is 4. The van der Waals surface area contributed by atoms with Gasteiger partial charge in [0.25, 0.3) is 5.24 Å². The molecule has 7 heteroatoms. The van der Waals surface area contributed by atoms with E-state index in [2.05, 4.69) is 50.9 Å². The van der Waals surface area contributed by atoms with Crippen LogP contribution < -0.4 is 5.35 Å². The van der Waals surface area contributed by atoms with Gasteiger partial charge in [-0.1, -0.05) is 55.6 Å². The molecule has 0 atom stereocenters. The lowest BCUT2D eigenvalue weighted by molar-refractivity contribution is 0.108. The minimum atomic E-state index is -0.522. The SMILES string of the molecule is C=Cn1c(-c2ccc3c(=C)n(C)c4cc(C(=C)Cl)ccc4ncc4ccc(C)c2c43)nc2ccc(C(=O)Cl)cc21. The molecule has 0 fully saturated rings. The second-order valence-electron chi connectivity index (χ2n) is 9.72. The van der Waals surface area contributed by atoms with Gasteiger partial charge in [-0.25, -0.2) is 4.98 Å². The van der Waals surface area contributed by atoms with Crippen LogP contribution in [-0.4, -0.2) is 24.3 Å². The Balaban J connectivity index is 1.78. The molecule has 0 aliphatic rings. The normalized spacial score (nSPS) is 11.4. The Kier molecular flexibility index (Phi) is 6.21. The number of carbonyl (C=O) groups is 1. The van der Waals surface area contributed by atoms with E-state index in [1.807, 2.05) is 40.6 Å². The fourth-order valence-corrected chi connectivity index (χ4v) is 5.59. The zero-order valence-electron chi connectivity index (χ0n) is 22.0. The highest BCUT2D eigenvalue weighted by atomic mass is 35.5. The van der Waals surface area contributed by atoms with E-state index in [4.69, 9.17) is 33.2 Å². The van der Waals surface area contributed by atoms with E-state index in [9.17, 15) is 4.79 Å². The summed E-state index contributed by atoms with van der Waals surface area (Å²) in [5, 5.41) is 4.74. The van der Waals surface area contributed by atoms with Gasteiger partial charge in [-0.2, -0.15) is 0 Å². The van der Waals surface area contributed by atoms with Crippen molar-refractivity contribution in [2.75, 3.05) is 0 Å². The van der Waals surface area contributed by atoms with Gasteiger partial charge in [0.15, 0.2) is 0 Å². The number of benzene rings is 4. The standard InChI is InChI=1S/C33H24Cl2N4O/c1-6-39-29-16-22(32(35)40)10-14-27(29)37-33(39)25-12-11-24-20(4)38(5)28-15-21(19(3)34)9-13-26(28)36-17-23-8-7-18(2)30(25)31(23)24/h6-17H,1,3-4H2,2,5H3. The summed E-state index contributed by atoms with van der Waals surface area (Å²) in [6.07, 6.45) is 3.59. The van der Waals surface area contributed by atoms with Crippen LogP contribution in [0.25, 0.3) is 72.8 Å². The molecule has 0 radical (unpaired) electrons. The van der Waals surface area contributed by atoms with Gasteiger partial charge >= 0.3 is 0 Å². The van der Waals surface area contributed by atoms with Crippen LogP contribution in [0.4, 0.5) is 0 Å². The number of hydrogen-bond donors (Lipinski definition) is 0. The molecule has 6 aromatic rings. The predicted octanol–water partition coefficient (Wildman–Crippen LogP) is 8.15. The summed E-state index contributed by atoms with van der Waals surface area (Å²) in [4.78, 5) is 21.7. The van der Waals surface area contributed by atoms with Crippen LogP contribution >= 0.6 is 23.2 Å². The van der Waals surface area contributed by atoms with Crippen LogP contribution in [-0.2, 0) is 7.05 Å². The van der Waals surface area contributed by atoms with Crippen molar-refractivity contribution < 1.29 is 4.79 Å². The highest BCUT2D eigenvalue weighted by Crippen LogP contribution is 2.37. The molecule has 6 rings (SSSR count). The Morgan fingerprint density at radius 1 is 0.925 bits per heavy atom. The first-order valence-corrected chi connectivity index (χ1v) is 13.3. The van der Waals surface area contributed by atoms with E-state index in [-0.39, 0.29) is 0 Å². The largest absolute Gasteiger partial charge is 0.343 e. The average molecular weight is 563 g/mol. The molecule has 0 unspecified atom stereocenters. The Morgan fingerprint density at radius 2 is 1.65 bits per heavy atom. The van der Waals surface area contributed by atoms with Gasteiger partial charge < -0.3 is 4.57 Å². The van der Waals surface area contributed by atoms with E-state index < -0.39 is 5.24 Å². The number of halogens is 2. The van der Waals surface area contributed by atoms with Crippen molar-refractivity contribution in [2.45, 2.75) is 6.92 Å².